The monoisotopic (exact) mass is 772 g/mol. The summed E-state index contributed by atoms with van der Waals surface area (Å²) >= 11 is 0. The number of nitrogens with zero attached hydrogens (tertiary/aromatic N) is 2. The van der Waals surface area contributed by atoms with E-state index >= 15 is 0 Å². The Balaban J connectivity index is 2.06. The van der Waals surface area contributed by atoms with Crippen LogP contribution in [0.2, 0.25) is 0 Å². The van der Waals surface area contributed by atoms with Crippen molar-refractivity contribution in [2.45, 2.75) is 173 Å². The van der Waals surface area contributed by atoms with Crippen molar-refractivity contribution in [3.05, 3.63) is 0 Å². The number of unbranched alkanes of at least 4 members (excludes halogenated alkanes) is 1. The summed E-state index contributed by atoms with van der Waals surface area (Å²) in [6.07, 6.45) is -2.04. The van der Waals surface area contributed by atoms with Gasteiger partial charge in [-0.2, -0.15) is 0 Å². The van der Waals surface area contributed by atoms with E-state index in [2.05, 4.69) is 10.2 Å². The van der Waals surface area contributed by atoms with Crippen LogP contribution >= 0.6 is 0 Å². The fourth-order valence-electron chi connectivity index (χ4n) is 8.51. The number of aliphatic hydroxyl groups excluding tert-OH is 1. The second-order valence-electron chi connectivity index (χ2n) is 17.0. The van der Waals surface area contributed by atoms with Crippen LogP contribution in [-0.4, -0.2) is 152 Å². The van der Waals surface area contributed by atoms with Gasteiger partial charge in [0.05, 0.1) is 41.5 Å². The van der Waals surface area contributed by atoms with Gasteiger partial charge in [-0.1, -0.05) is 27.7 Å². The lowest BCUT2D eigenvalue weighted by molar-refractivity contribution is -0.320. The molecule has 14 heteroatoms. The number of amides is 2. The number of nitrogens with one attached hydrogen (secondary N) is 1. The molecule has 3 rings (SSSR count). The maximum absolute atomic E-state index is 13.8. The lowest BCUT2D eigenvalue weighted by Gasteiger charge is -2.49. The first-order valence-electron chi connectivity index (χ1n) is 20.1. The Labute approximate surface area is 324 Å². The molecule has 0 unspecified atom stereocenters. The molecule has 0 spiro atoms. The number of Topliss-reactive ketones (excluding diaryl/α,β-unsaturated/α-hetero) is 1. The molecule has 0 saturated carbocycles. The highest BCUT2D eigenvalue weighted by Crippen LogP contribution is 2.39. The Morgan fingerprint density at radius 2 is 1.72 bits per heavy atom. The predicted molar refractivity (Wildman–Crippen MR) is 203 cm³/mol. The Morgan fingerprint density at radius 3 is 2.35 bits per heavy atom. The van der Waals surface area contributed by atoms with Crippen LogP contribution in [0.5, 0.6) is 0 Å². The molecule has 3 fully saturated rings. The summed E-state index contributed by atoms with van der Waals surface area (Å²) < 4.78 is 38.8. The molecule has 3 aliphatic rings. The molecular formula is C40H73N3O11. The van der Waals surface area contributed by atoms with Gasteiger partial charge in [-0.15, -0.1) is 0 Å². The number of carbonyl (C=O) groups is 3. The molecule has 14 atom stereocenters. The Bertz CT molecular complexity index is 1210. The average molecular weight is 772 g/mol. The fourth-order valence-corrected chi connectivity index (χ4v) is 8.51. The normalized spacial score (nSPS) is 40.7. The van der Waals surface area contributed by atoms with Crippen LogP contribution in [0.25, 0.3) is 0 Å². The van der Waals surface area contributed by atoms with Gasteiger partial charge in [0.15, 0.2) is 12.6 Å². The number of methoxy groups -OCH3 is 1. The van der Waals surface area contributed by atoms with Crippen LogP contribution in [-0.2, 0) is 42.8 Å². The quantitative estimate of drug-likeness (QED) is 0.235. The number of aliphatic hydroxyl groups is 2. The topological polar surface area (TPSA) is 166 Å². The van der Waals surface area contributed by atoms with Crippen LogP contribution in [0.15, 0.2) is 0 Å². The Morgan fingerprint density at radius 1 is 1.04 bits per heavy atom. The molecule has 0 aromatic heterocycles. The van der Waals surface area contributed by atoms with E-state index in [1.54, 1.807) is 39.6 Å². The van der Waals surface area contributed by atoms with E-state index in [0.717, 1.165) is 6.42 Å². The molecule has 3 aliphatic heterocycles. The molecular weight excluding hydrogens is 698 g/mol. The Kier molecular flexibility index (Phi) is 17.8. The van der Waals surface area contributed by atoms with Crippen LogP contribution in [0, 0.1) is 17.8 Å². The zero-order valence-corrected chi connectivity index (χ0v) is 35.2. The predicted octanol–water partition coefficient (Wildman–Crippen LogP) is 3.29. The molecule has 0 aromatic carbocycles. The van der Waals surface area contributed by atoms with E-state index in [-0.39, 0.29) is 61.5 Å². The van der Waals surface area contributed by atoms with E-state index in [4.69, 9.17) is 28.4 Å². The molecule has 0 aliphatic carbocycles. The van der Waals surface area contributed by atoms with Crippen molar-refractivity contribution in [3.8, 4) is 0 Å². The van der Waals surface area contributed by atoms with E-state index in [9.17, 15) is 24.6 Å². The minimum atomic E-state index is -1.49. The molecule has 0 aromatic rings. The van der Waals surface area contributed by atoms with Crippen molar-refractivity contribution in [2.75, 3.05) is 47.9 Å². The minimum absolute atomic E-state index is 0.0691. The van der Waals surface area contributed by atoms with E-state index < -0.39 is 66.1 Å². The third-order valence-electron chi connectivity index (χ3n) is 11.8. The third kappa shape index (κ3) is 12.4. The molecule has 0 bridgehead atoms. The van der Waals surface area contributed by atoms with Crippen LogP contribution in [0.4, 0.5) is 0 Å². The molecule has 0 radical (unpaired) electrons. The van der Waals surface area contributed by atoms with Crippen molar-refractivity contribution in [3.63, 3.8) is 0 Å². The highest BCUT2D eigenvalue weighted by molar-refractivity contribution is 5.80. The van der Waals surface area contributed by atoms with Gasteiger partial charge in [0.2, 0.25) is 11.8 Å². The summed E-state index contributed by atoms with van der Waals surface area (Å²) in [5, 5.41) is 26.4. The summed E-state index contributed by atoms with van der Waals surface area (Å²) in [5.74, 6) is -1.71. The van der Waals surface area contributed by atoms with E-state index in [1.807, 2.05) is 41.8 Å². The van der Waals surface area contributed by atoms with Gasteiger partial charge in [-0.05, 0) is 73.4 Å². The molecule has 54 heavy (non-hydrogen) atoms. The molecule has 3 N–H and O–H groups in total. The number of likely N-dealkylation sites (N-methyl/N-ethyl adjacent to an activating group) is 1. The first-order valence-corrected chi connectivity index (χ1v) is 20.1. The summed E-state index contributed by atoms with van der Waals surface area (Å²) in [4.78, 5) is 42.5. The van der Waals surface area contributed by atoms with E-state index in [0.29, 0.717) is 38.8 Å². The third-order valence-corrected chi connectivity index (χ3v) is 11.8. The van der Waals surface area contributed by atoms with Gasteiger partial charge in [-0.3, -0.25) is 14.4 Å². The number of rotatable bonds is 13. The van der Waals surface area contributed by atoms with Gasteiger partial charge >= 0.3 is 0 Å². The summed E-state index contributed by atoms with van der Waals surface area (Å²) in [7, 11) is 7.26. The van der Waals surface area contributed by atoms with Crippen molar-refractivity contribution in [1.82, 2.24) is 15.1 Å². The zero-order chi connectivity index (χ0) is 40.5. The second-order valence-corrected chi connectivity index (χ2v) is 17.0. The van der Waals surface area contributed by atoms with Crippen molar-refractivity contribution in [2.24, 2.45) is 17.8 Å². The molecule has 2 amide bonds. The van der Waals surface area contributed by atoms with Crippen molar-refractivity contribution >= 4 is 17.6 Å². The summed E-state index contributed by atoms with van der Waals surface area (Å²) in [6.45, 7) is 15.8. The lowest BCUT2D eigenvalue weighted by Crippen LogP contribution is -2.61. The summed E-state index contributed by atoms with van der Waals surface area (Å²) in [6, 6.07) is -0.0691. The maximum Gasteiger partial charge on any atom is 0.225 e. The standard InChI is InChI=1S/C40H73N3O11/c1-13-29(44)16-14-15-19-50-34-30(42(9)10)20-25(3)51-38(34)54-36-26(4)33(53-32-22-40(8,49-12)35(46)28(6)52-32)27(5)37(47)41-18-17-31(45)43(11)23-24(2)21-39(36,7)48/h24-28,30,32-36,38,46,48H,13-23H2,1-12H3,(H,41,47)/t24-,25-,26+,27-,28+,30+,32+,33+,34-,35+,36-,38+,39-,40-/m1/s1. The summed E-state index contributed by atoms with van der Waals surface area (Å²) in [5.41, 5.74) is -2.46. The van der Waals surface area contributed by atoms with Gasteiger partial charge in [0.1, 0.15) is 18.0 Å². The SMILES string of the molecule is CCC(=O)CCCCO[C@H]1[C@H](O[C@@H]2[C@@H](C)[C@H](O[C@H]3C[C@@](C)(OC)[C@@H](O)[C@H](C)O3)[C@@H](C)C(=O)NCCC(=O)N(C)C[C@H](C)C[C@@]2(C)O)O[C@H](C)C[C@@H]1N(C)C. The van der Waals surface area contributed by atoms with Gasteiger partial charge in [0.25, 0.3) is 0 Å². The largest absolute Gasteiger partial charge is 0.387 e. The van der Waals surface area contributed by atoms with E-state index in [1.165, 1.54) is 7.11 Å². The highest BCUT2D eigenvalue weighted by atomic mass is 16.7. The van der Waals surface area contributed by atoms with Gasteiger partial charge in [-0.25, -0.2) is 0 Å². The molecule has 3 heterocycles. The first kappa shape index (κ1) is 46.6. The number of ether oxygens (including phenoxy) is 6. The van der Waals surface area contributed by atoms with Crippen LogP contribution in [0.1, 0.15) is 107 Å². The maximum atomic E-state index is 13.8. The highest BCUT2D eigenvalue weighted by Gasteiger charge is 2.51. The average Bonchev–Trinajstić information content (AvgIpc) is 3.10. The second kappa shape index (κ2) is 20.6. The fraction of sp³-hybridized carbons (Fsp3) is 0.925. The van der Waals surface area contributed by atoms with Gasteiger partial charge < -0.3 is 53.8 Å². The lowest BCUT2D eigenvalue weighted by atomic mass is 9.77. The molecule has 314 valence electrons. The number of ketones is 1. The molecule has 14 nitrogen and oxygen atoms in total. The van der Waals surface area contributed by atoms with Crippen LogP contribution in [0.3, 0.4) is 0 Å². The Hall–Kier alpha value is -1.75. The number of hydrogen-bond acceptors (Lipinski definition) is 12. The first-order chi connectivity index (χ1) is 25.2. The van der Waals surface area contributed by atoms with Crippen molar-refractivity contribution < 1.29 is 53.0 Å². The minimum Gasteiger partial charge on any atom is -0.387 e. The zero-order valence-electron chi connectivity index (χ0n) is 35.2. The number of carbonyl (C=O) groups excluding carboxylic acids is 3. The van der Waals surface area contributed by atoms with Gasteiger partial charge in [0, 0.05) is 71.5 Å². The van der Waals surface area contributed by atoms with Crippen LogP contribution < -0.4 is 5.32 Å². The van der Waals surface area contributed by atoms with Crippen molar-refractivity contribution in [1.29, 1.82) is 0 Å². The number of hydrogen-bond donors (Lipinski definition) is 3. The molecule has 3 saturated heterocycles. The smallest absolute Gasteiger partial charge is 0.225 e.